The summed E-state index contributed by atoms with van der Waals surface area (Å²) in [5.41, 5.74) is -0.963. The zero-order valence-corrected chi connectivity index (χ0v) is 10.2. The van der Waals surface area contributed by atoms with Gasteiger partial charge in [-0.2, -0.15) is 13.2 Å². The van der Waals surface area contributed by atoms with Crippen LogP contribution in [0.1, 0.15) is 12.5 Å². The van der Waals surface area contributed by atoms with Crippen molar-refractivity contribution in [1.29, 1.82) is 0 Å². The van der Waals surface area contributed by atoms with Crippen LogP contribution < -0.4 is 5.32 Å². The number of nitrogens with one attached hydrogen (secondary N) is 1. The number of carbonyl (C=O) groups excluding carboxylic acids is 1. The third-order valence-corrected chi connectivity index (χ3v) is 2.32. The molecular formula is C11H11ClF3NO2. The van der Waals surface area contributed by atoms with Crippen molar-refractivity contribution in [2.24, 2.45) is 0 Å². The third kappa shape index (κ3) is 4.19. The molecule has 1 N–H and O–H groups in total. The summed E-state index contributed by atoms with van der Waals surface area (Å²) < 4.78 is 42.5. The first kappa shape index (κ1) is 14.8. The monoisotopic (exact) mass is 281 g/mol. The van der Waals surface area contributed by atoms with Gasteiger partial charge in [-0.1, -0.05) is 11.6 Å². The average Bonchev–Trinajstić information content (AvgIpc) is 2.27. The van der Waals surface area contributed by atoms with Gasteiger partial charge in [-0.15, -0.1) is 0 Å². The molecule has 0 saturated carbocycles. The molecule has 0 saturated heterocycles. The Bertz CT molecular complexity index is 435. The van der Waals surface area contributed by atoms with Crippen LogP contribution in [0.4, 0.5) is 18.9 Å². The van der Waals surface area contributed by atoms with E-state index in [2.05, 4.69) is 5.32 Å². The minimum Gasteiger partial charge on any atom is -0.372 e. The highest BCUT2D eigenvalue weighted by Crippen LogP contribution is 2.36. The summed E-state index contributed by atoms with van der Waals surface area (Å²) in [5, 5.41) is 1.88. The summed E-state index contributed by atoms with van der Waals surface area (Å²) in [6.07, 6.45) is -4.56. The molecule has 0 bridgehead atoms. The molecule has 0 unspecified atom stereocenters. The van der Waals surface area contributed by atoms with Gasteiger partial charge in [0, 0.05) is 12.3 Å². The topological polar surface area (TPSA) is 38.3 Å². The Hall–Kier alpha value is -1.27. The second-order valence-corrected chi connectivity index (χ2v) is 3.78. The van der Waals surface area contributed by atoms with E-state index in [1.807, 2.05) is 0 Å². The van der Waals surface area contributed by atoms with Crippen LogP contribution in [0, 0.1) is 0 Å². The molecule has 1 amide bonds. The molecule has 0 aliphatic heterocycles. The van der Waals surface area contributed by atoms with E-state index in [9.17, 15) is 18.0 Å². The van der Waals surface area contributed by atoms with E-state index in [1.54, 1.807) is 6.92 Å². The molecule has 7 heteroatoms. The van der Waals surface area contributed by atoms with Crippen molar-refractivity contribution in [2.75, 3.05) is 18.5 Å². The predicted octanol–water partition coefficient (Wildman–Crippen LogP) is 3.33. The van der Waals surface area contributed by atoms with Gasteiger partial charge in [-0.05, 0) is 25.1 Å². The van der Waals surface area contributed by atoms with Crippen molar-refractivity contribution in [2.45, 2.75) is 13.1 Å². The van der Waals surface area contributed by atoms with Gasteiger partial charge in [-0.3, -0.25) is 4.79 Å². The van der Waals surface area contributed by atoms with Crippen molar-refractivity contribution >= 4 is 23.2 Å². The fourth-order valence-corrected chi connectivity index (χ4v) is 1.44. The fourth-order valence-electron chi connectivity index (χ4n) is 1.21. The first-order valence-corrected chi connectivity index (χ1v) is 5.46. The summed E-state index contributed by atoms with van der Waals surface area (Å²) in [6, 6.07) is 3.16. The Morgan fingerprint density at radius 3 is 2.67 bits per heavy atom. The summed E-state index contributed by atoms with van der Waals surface area (Å²) in [4.78, 5) is 11.3. The number of carbonyl (C=O) groups is 1. The lowest BCUT2D eigenvalue weighted by Crippen LogP contribution is -2.18. The zero-order chi connectivity index (χ0) is 13.8. The van der Waals surface area contributed by atoms with Gasteiger partial charge in [0.15, 0.2) is 0 Å². The number of hydrogen-bond acceptors (Lipinski definition) is 2. The Morgan fingerprint density at radius 2 is 2.11 bits per heavy atom. The van der Waals surface area contributed by atoms with Crippen LogP contribution >= 0.6 is 11.6 Å². The normalized spacial score (nSPS) is 11.4. The number of alkyl halides is 3. The molecule has 3 nitrogen and oxygen atoms in total. The molecule has 0 aliphatic rings. The van der Waals surface area contributed by atoms with Gasteiger partial charge in [0.2, 0.25) is 5.91 Å². The lowest BCUT2D eigenvalue weighted by molar-refractivity contribution is -0.137. The minimum absolute atomic E-state index is 0.0245. The van der Waals surface area contributed by atoms with Gasteiger partial charge < -0.3 is 10.1 Å². The Balaban J connectivity index is 2.83. The minimum atomic E-state index is -4.56. The number of benzene rings is 1. The Kier molecular flexibility index (Phi) is 4.98. The number of amides is 1. The van der Waals surface area contributed by atoms with Crippen LogP contribution in [0.2, 0.25) is 5.02 Å². The highest BCUT2D eigenvalue weighted by molar-refractivity contribution is 6.31. The predicted molar refractivity (Wildman–Crippen MR) is 61.6 cm³/mol. The molecule has 0 radical (unpaired) electrons. The van der Waals surface area contributed by atoms with E-state index >= 15 is 0 Å². The molecular weight excluding hydrogens is 271 g/mol. The maximum atomic E-state index is 12.5. The van der Waals surface area contributed by atoms with Gasteiger partial charge in [0.1, 0.15) is 6.61 Å². The van der Waals surface area contributed by atoms with E-state index in [4.69, 9.17) is 16.3 Å². The van der Waals surface area contributed by atoms with Crippen molar-refractivity contribution in [3.05, 3.63) is 28.8 Å². The Morgan fingerprint density at radius 1 is 1.44 bits per heavy atom. The summed E-state index contributed by atoms with van der Waals surface area (Å²) in [5.74, 6) is -0.521. The second-order valence-electron chi connectivity index (χ2n) is 3.38. The first-order valence-electron chi connectivity index (χ1n) is 5.09. The summed E-state index contributed by atoms with van der Waals surface area (Å²) in [6.45, 7) is 1.85. The van der Waals surface area contributed by atoms with Crippen molar-refractivity contribution in [1.82, 2.24) is 0 Å². The van der Waals surface area contributed by atoms with Crippen LogP contribution in [-0.2, 0) is 15.7 Å². The van der Waals surface area contributed by atoms with Gasteiger partial charge in [0.05, 0.1) is 10.6 Å². The van der Waals surface area contributed by atoms with E-state index in [1.165, 1.54) is 6.07 Å². The maximum absolute atomic E-state index is 12.5. The van der Waals surface area contributed by atoms with Gasteiger partial charge in [-0.25, -0.2) is 0 Å². The lowest BCUT2D eigenvalue weighted by atomic mass is 10.2. The third-order valence-electron chi connectivity index (χ3n) is 1.99. The molecule has 1 aromatic carbocycles. The molecule has 1 aromatic rings. The number of hydrogen-bond donors (Lipinski definition) is 1. The first-order chi connectivity index (χ1) is 8.34. The molecule has 0 atom stereocenters. The number of halogens is 4. The van der Waals surface area contributed by atoms with Crippen LogP contribution in [0.3, 0.4) is 0 Å². The molecule has 0 spiro atoms. The SMILES string of the molecule is CCOCC(=O)Nc1ccc(Cl)c(C(F)(F)F)c1. The molecule has 1 rings (SSSR count). The summed E-state index contributed by atoms with van der Waals surface area (Å²) in [7, 11) is 0. The quantitative estimate of drug-likeness (QED) is 0.919. The van der Waals surface area contributed by atoms with Gasteiger partial charge in [0.25, 0.3) is 0 Å². The molecule has 0 aliphatic carbocycles. The highest BCUT2D eigenvalue weighted by atomic mass is 35.5. The van der Waals surface area contributed by atoms with Crippen molar-refractivity contribution in [3.8, 4) is 0 Å². The van der Waals surface area contributed by atoms with E-state index in [-0.39, 0.29) is 12.3 Å². The zero-order valence-electron chi connectivity index (χ0n) is 9.47. The largest absolute Gasteiger partial charge is 0.417 e. The average molecular weight is 282 g/mol. The van der Waals surface area contributed by atoms with E-state index < -0.39 is 22.7 Å². The van der Waals surface area contributed by atoms with E-state index in [0.717, 1.165) is 12.1 Å². The molecule has 0 heterocycles. The van der Waals surface area contributed by atoms with Gasteiger partial charge >= 0.3 is 6.18 Å². The lowest BCUT2D eigenvalue weighted by Gasteiger charge is -2.11. The molecule has 0 fully saturated rings. The van der Waals surface area contributed by atoms with E-state index in [0.29, 0.717) is 6.61 Å². The van der Waals surface area contributed by atoms with Crippen LogP contribution in [-0.4, -0.2) is 19.1 Å². The summed E-state index contributed by atoms with van der Waals surface area (Å²) >= 11 is 5.44. The van der Waals surface area contributed by atoms with Crippen LogP contribution in [0.5, 0.6) is 0 Å². The Labute approximate surface area is 107 Å². The second kappa shape index (κ2) is 6.06. The number of ether oxygens (including phenoxy) is 1. The fraction of sp³-hybridized carbons (Fsp3) is 0.364. The maximum Gasteiger partial charge on any atom is 0.417 e. The smallest absolute Gasteiger partial charge is 0.372 e. The molecule has 0 aromatic heterocycles. The highest BCUT2D eigenvalue weighted by Gasteiger charge is 2.33. The standard InChI is InChI=1S/C11H11ClF3NO2/c1-2-18-6-10(17)16-7-3-4-9(12)8(5-7)11(13,14)15/h3-5H,2,6H2,1H3,(H,16,17). The van der Waals surface area contributed by atoms with Crippen LogP contribution in [0.15, 0.2) is 18.2 Å². The molecule has 100 valence electrons. The van der Waals surface area contributed by atoms with Crippen molar-refractivity contribution in [3.63, 3.8) is 0 Å². The molecule has 18 heavy (non-hydrogen) atoms. The van der Waals surface area contributed by atoms with Crippen LogP contribution in [0.25, 0.3) is 0 Å². The number of anilines is 1. The number of rotatable bonds is 4. The van der Waals surface area contributed by atoms with Crippen molar-refractivity contribution < 1.29 is 22.7 Å².